The van der Waals surface area contributed by atoms with E-state index in [1.165, 1.54) is 11.6 Å². The molecule has 0 bridgehead atoms. The van der Waals surface area contributed by atoms with Crippen molar-refractivity contribution in [3.63, 3.8) is 0 Å². The summed E-state index contributed by atoms with van der Waals surface area (Å²) in [6, 6.07) is 13.7. The minimum absolute atomic E-state index is 0.0250. The van der Waals surface area contributed by atoms with Gasteiger partial charge in [-0.25, -0.2) is 9.78 Å². The van der Waals surface area contributed by atoms with Gasteiger partial charge < -0.3 is 10.2 Å². The van der Waals surface area contributed by atoms with Crippen LogP contribution in [0.5, 0.6) is 0 Å². The standard InChI is InChI=1S/C21H19ClF3N5O4S2/c22-17-10-16(36(32,33)30(20-26-13-27-35-20)34-19(31)21(23,24)25)6-7-18(17)28-15-8-9-29(12-15)11-14-4-2-1-3-5-14/h1-7,10,13,15,28H,8-9,11-12H2/t15-/m0/s1. The minimum Gasteiger partial charge on any atom is -0.380 e. The molecule has 15 heteroatoms. The third-order valence-corrected chi connectivity index (χ3v) is 7.84. The number of rotatable bonds is 8. The Kier molecular flexibility index (Phi) is 7.68. The SMILES string of the molecule is O=C(ON(c1ncns1)S(=O)(=O)c1ccc(N[C@H]2CCN(Cc3ccccc3)C2)c(Cl)c1)C(F)(F)F. The van der Waals surface area contributed by atoms with Gasteiger partial charge in [0.2, 0.25) is 0 Å². The van der Waals surface area contributed by atoms with Gasteiger partial charge in [-0.2, -0.15) is 26.0 Å². The lowest BCUT2D eigenvalue weighted by Gasteiger charge is -2.21. The van der Waals surface area contributed by atoms with Gasteiger partial charge in [0.15, 0.2) is 0 Å². The predicted octanol–water partition coefficient (Wildman–Crippen LogP) is 4.09. The van der Waals surface area contributed by atoms with Crippen molar-refractivity contribution >= 4 is 49.9 Å². The maximum absolute atomic E-state index is 13.1. The van der Waals surface area contributed by atoms with Crippen molar-refractivity contribution < 1.29 is 31.2 Å². The molecule has 192 valence electrons. The maximum Gasteiger partial charge on any atom is 0.493 e. The van der Waals surface area contributed by atoms with Crippen LogP contribution in [0.15, 0.2) is 59.8 Å². The molecular weight excluding hydrogens is 543 g/mol. The molecular formula is C21H19ClF3N5O4S2. The molecule has 1 fully saturated rings. The van der Waals surface area contributed by atoms with Crippen molar-refractivity contribution in [2.75, 3.05) is 22.9 Å². The number of hydrogen-bond acceptors (Lipinski definition) is 9. The molecule has 2 heterocycles. The first-order chi connectivity index (χ1) is 17.0. The number of likely N-dealkylation sites (tertiary alicyclic amines) is 1. The van der Waals surface area contributed by atoms with E-state index in [0.717, 1.165) is 44.5 Å². The summed E-state index contributed by atoms with van der Waals surface area (Å²) in [5, 5.41) is 2.71. The number of carbonyl (C=O) groups excluding carboxylic acids is 1. The molecule has 9 nitrogen and oxygen atoms in total. The molecule has 1 aliphatic rings. The van der Waals surface area contributed by atoms with E-state index in [4.69, 9.17) is 11.6 Å². The van der Waals surface area contributed by atoms with E-state index >= 15 is 0 Å². The molecule has 1 aromatic heterocycles. The molecule has 1 aliphatic heterocycles. The summed E-state index contributed by atoms with van der Waals surface area (Å²) in [6.45, 7) is 2.39. The zero-order valence-electron chi connectivity index (χ0n) is 18.4. The Morgan fingerprint density at radius 3 is 2.64 bits per heavy atom. The van der Waals surface area contributed by atoms with Gasteiger partial charge >= 0.3 is 12.1 Å². The summed E-state index contributed by atoms with van der Waals surface area (Å²) in [7, 11) is -4.81. The van der Waals surface area contributed by atoms with Crippen LogP contribution in [0.4, 0.5) is 24.0 Å². The summed E-state index contributed by atoms with van der Waals surface area (Å²) < 4.78 is 67.7. The van der Waals surface area contributed by atoms with Crippen LogP contribution in [0.25, 0.3) is 0 Å². The Morgan fingerprint density at radius 1 is 1.25 bits per heavy atom. The van der Waals surface area contributed by atoms with E-state index in [-0.39, 0.29) is 15.5 Å². The van der Waals surface area contributed by atoms with E-state index in [1.54, 1.807) is 0 Å². The molecule has 0 amide bonds. The lowest BCUT2D eigenvalue weighted by atomic mass is 10.2. The van der Waals surface area contributed by atoms with Crippen molar-refractivity contribution in [1.82, 2.24) is 14.3 Å². The van der Waals surface area contributed by atoms with Gasteiger partial charge in [0.1, 0.15) is 6.33 Å². The van der Waals surface area contributed by atoms with Gasteiger partial charge in [-0.1, -0.05) is 46.4 Å². The molecule has 3 aromatic rings. The number of nitrogens with one attached hydrogen (secondary N) is 1. The highest BCUT2D eigenvalue weighted by Crippen LogP contribution is 2.32. The van der Waals surface area contributed by atoms with Crippen LogP contribution in [-0.2, 0) is 26.2 Å². The first kappa shape index (κ1) is 26.1. The highest BCUT2D eigenvalue weighted by Gasteiger charge is 2.45. The highest BCUT2D eigenvalue weighted by molar-refractivity contribution is 7.92. The van der Waals surface area contributed by atoms with E-state index in [1.807, 2.05) is 30.3 Å². The second-order valence-electron chi connectivity index (χ2n) is 7.82. The van der Waals surface area contributed by atoms with Gasteiger partial charge in [-0.3, -0.25) is 4.90 Å². The average molecular weight is 562 g/mol. The van der Waals surface area contributed by atoms with Crippen LogP contribution in [0.1, 0.15) is 12.0 Å². The van der Waals surface area contributed by atoms with Crippen LogP contribution in [0.2, 0.25) is 5.02 Å². The number of carbonyl (C=O) groups is 1. The van der Waals surface area contributed by atoms with E-state index < -0.39 is 32.2 Å². The second kappa shape index (κ2) is 10.6. The number of sulfonamides is 1. The van der Waals surface area contributed by atoms with Gasteiger partial charge in [0.05, 0.1) is 15.6 Å². The summed E-state index contributed by atoms with van der Waals surface area (Å²) in [5.41, 5.74) is 1.65. The van der Waals surface area contributed by atoms with Crippen LogP contribution < -0.4 is 9.79 Å². The monoisotopic (exact) mass is 561 g/mol. The quantitative estimate of drug-likeness (QED) is 0.410. The molecule has 0 aliphatic carbocycles. The normalized spacial score (nSPS) is 16.6. The Bertz CT molecular complexity index is 1310. The van der Waals surface area contributed by atoms with E-state index in [9.17, 15) is 26.4 Å². The third kappa shape index (κ3) is 6.06. The average Bonchev–Trinajstić information content (AvgIpc) is 3.51. The maximum atomic E-state index is 13.1. The van der Waals surface area contributed by atoms with Crippen molar-refractivity contribution in [3.05, 3.63) is 65.4 Å². The number of hydrogen-bond donors (Lipinski definition) is 1. The van der Waals surface area contributed by atoms with Gasteiger partial charge in [0.25, 0.3) is 15.2 Å². The molecule has 2 aromatic carbocycles. The summed E-state index contributed by atoms with van der Waals surface area (Å²) >= 11 is 6.74. The molecule has 1 atom stereocenters. The third-order valence-electron chi connectivity index (χ3n) is 5.24. The highest BCUT2D eigenvalue weighted by atomic mass is 35.5. The first-order valence-electron chi connectivity index (χ1n) is 10.5. The lowest BCUT2D eigenvalue weighted by Crippen LogP contribution is -2.38. The zero-order chi connectivity index (χ0) is 25.9. The first-order valence-corrected chi connectivity index (χ1v) is 13.1. The molecule has 36 heavy (non-hydrogen) atoms. The largest absolute Gasteiger partial charge is 0.493 e. The smallest absolute Gasteiger partial charge is 0.380 e. The van der Waals surface area contributed by atoms with Gasteiger partial charge in [-0.15, -0.1) is 0 Å². The number of halogens is 4. The van der Waals surface area contributed by atoms with Gasteiger partial charge in [-0.05, 0) is 30.2 Å². The topological polar surface area (TPSA) is 105 Å². The number of nitrogens with zero attached hydrogens (tertiary/aromatic N) is 4. The van der Waals surface area contributed by atoms with Crippen LogP contribution in [0.3, 0.4) is 0 Å². The number of anilines is 2. The fourth-order valence-corrected chi connectivity index (χ4v) is 5.79. The summed E-state index contributed by atoms with van der Waals surface area (Å²) in [5.74, 6) is -2.73. The van der Waals surface area contributed by atoms with Crippen LogP contribution in [-0.4, -0.2) is 54.0 Å². The number of benzene rings is 2. The number of aromatic nitrogens is 2. The minimum atomic E-state index is -5.43. The second-order valence-corrected chi connectivity index (χ2v) is 10.7. The molecule has 0 saturated carbocycles. The summed E-state index contributed by atoms with van der Waals surface area (Å²) in [4.78, 5) is 20.8. The molecule has 0 radical (unpaired) electrons. The Morgan fingerprint density at radius 2 is 2.00 bits per heavy atom. The fourth-order valence-electron chi connectivity index (χ4n) is 3.59. The predicted molar refractivity (Wildman–Crippen MR) is 127 cm³/mol. The van der Waals surface area contributed by atoms with Crippen molar-refractivity contribution in [2.45, 2.75) is 30.1 Å². The van der Waals surface area contributed by atoms with E-state index in [0.29, 0.717) is 17.2 Å². The molecule has 1 N–H and O–H groups in total. The lowest BCUT2D eigenvalue weighted by molar-refractivity contribution is -0.199. The molecule has 0 unspecified atom stereocenters. The zero-order valence-corrected chi connectivity index (χ0v) is 20.7. The Balaban J connectivity index is 1.48. The molecule has 1 saturated heterocycles. The van der Waals surface area contributed by atoms with Gasteiger partial charge in [0, 0.05) is 37.2 Å². The number of alkyl halides is 3. The van der Waals surface area contributed by atoms with Crippen molar-refractivity contribution in [3.8, 4) is 0 Å². The van der Waals surface area contributed by atoms with Crippen molar-refractivity contribution in [2.24, 2.45) is 0 Å². The Labute approximate surface area is 213 Å². The van der Waals surface area contributed by atoms with Crippen LogP contribution >= 0.6 is 23.1 Å². The Hall–Kier alpha value is -2.94. The van der Waals surface area contributed by atoms with E-state index in [2.05, 4.69) is 24.4 Å². The molecule has 4 rings (SSSR count). The molecule has 0 spiro atoms. The van der Waals surface area contributed by atoms with Crippen molar-refractivity contribution in [1.29, 1.82) is 0 Å². The fraction of sp³-hybridized carbons (Fsp3) is 0.286. The van der Waals surface area contributed by atoms with Crippen LogP contribution in [0, 0.1) is 0 Å². The summed E-state index contributed by atoms with van der Waals surface area (Å²) in [6.07, 6.45) is -3.69.